The Bertz CT molecular complexity index is 544. The van der Waals surface area contributed by atoms with Crippen LogP contribution in [0.25, 0.3) is 0 Å². The maximum atomic E-state index is 6.04. The van der Waals surface area contributed by atoms with Gasteiger partial charge in [-0.05, 0) is 38.3 Å². The summed E-state index contributed by atoms with van der Waals surface area (Å²) in [5.74, 6) is 1.80. The number of rotatable bonds is 9. The van der Waals surface area contributed by atoms with Crippen molar-refractivity contribution in [3.8, 4) is 5.75 Å². The van der Waals surface area contributed by atoms with Crippen molar-refractivity contribution in [1.82, 2.24) is 15.5 Å². The molecule has 0 radical (unpaired) electrons. The minimum absolute atomic E-state index is 0. The third kappa shape index (κ3) is 8.97. The molecule has 1 aromatic carbocycles. The smallest absolute Gasteiger partial charge is 0.191 e. The highest BCUT2D eigenvalue weighted by molar-refractivity contribution is 14.0. The zero-order valence-corrected chi connectivity index (χ0v) is 19.0. The highest BCUT2D eigenvalue weighted by Gasteiger charge is 2.19. The van der Waals surface area contributed by atoms with Crippen molar-refractivity contribution in [2.24, 2.45) is 4.99 Å². The van der Waals surface area contributed by atoms with Crippen molar-refractivity contribution in [2.45, 2.75) is 45.3 Å². The predicted octanol–water partition coefficient (Wildman–Crippen LogP) is 3.67. The van der Waals surface area contributed by atoms with Gasteiger partial charge in [0, 0.05) is 32.2 Å². The standard InChI is InChI=1S/C21H34N4O.HI/c1-4-14-25-15-12-18(13-16-25)24-21(22-6-3)23-17-19(5-2)26-20-10-8-7-9-11-20;/h4,7-11,18-19H,1,5-6,12-17H2,2-3H3,(H2,22,23,24);1H. The van der Waals surface area contributed by atoms with E-state index in [-0.39, 0.29) is 30.1 Å². The molecule has 0 amide bonds. The second kappa shape index (κ2) is 13.8. The number of likely N-dealkylation sites (tertiary alicyclic amines) is 1. The molecule has 152 valence electrons. The van der Waals surface area contributed by atoms with Crippen LogP contribution >= 0.6 is 24.0 Å². The van der Waals surface area contributed by atoms with Gasteiger partial charge in [-0.25, -0.2) is 4.99 Å². The summed E-state index contributed by atoms with van der Waals surface area (Å²) in [4.78, 5) is 7.21. The minimum atomic E-state index is 0. The molecule has 1 fully saturated rings. The molecule has 0 saturated carbocycles. The molecule has 0 bridgehead atoms. The van der Waals surface area contributed by atoms with Crippen LogP contribution in [0.15, 0.2) is 48.0 Å². The summed E-state index contributed by atoms with van der Waals surface area (Å²) < 4.78 is 6.04. The van der Waals surface area contributed by atoms with Gasteiger partial charge in [-0.3, -0.25) is 4.90 Å². The zero-order chi connectivity index (χ0) is 18.6. The van der Waals surface area contributed by atoms with Gasteiger partial charge in [0.1, 0.15) is 11.9 Å². The molecule has 0 aromatic heterocycles. The molecule has 1 heterocycles. The van der Waals surface area contributed by atoms with E-state index in [9.17, 15) is 0 Å². The number of ether oxygens (including phenoxy) is 1. The SMILES string of the molecule is C=CCN1CCC(NC(=NCC(CC)Oc2ccccc2)NCC)CC1.I. The van der Waals surface area contributed by atoms with Crippen molar-refractivity contribution < 1.29 is 4.74 Å². The van der Waals surface area contributed by atoms with Crippen LogP contribution < -0.4 is 15.4 Å². The van der Waals surface area contributed by atoms with Crippen molar-refractivity contribution in [2.75, 3.05) is 32.7 Å². The van der Waals surface area contributed by atoms with Gasteiger partial charge in [0.05, 0.1) is 6.54 Å². The van der Waals surface area contributed by atoms with Gasteiger partial charge < -0.3 is 15.4 Å². The molecule has 1 aliphatic heterocycles. The second-order valence-corrected chi connectivity index (χ2v) is 6.69. The third-order valence-corrected chi connectivity index (χ3v) is 4.61. The molecular weight excluding hydrogens is 451 g/mol. The van der Waals surface area contributed by atoms with E-state index in [1.165, 1.54) is 0 Å². The van der Waals surface area contributed by atoms with Crippen molar-refractivity contribution in [3.63, 3.8) is 0 Å². The van der Waals surface area contributed by atoms with Crippen LogP contribution in [-0.4, -0.2) is 55.7 Å². The van der Waals surface area contributed by atoms with Gasteiger partial charge in [0.15, 0.2) is 5.96 Å². The van der Waals surface area contributed by atoms with Gasteiger partial charge in [-0.15, -0.1) is 30.6 Å². The average Bonchev–Trinajstić information content (AvgIpc) is 2.67. The van der Waals surface area contributed by atoms with E-state index in [4.69, 9.17) is 9.73 Å². The quantitative estimate of drug-likeness (QED) is 0.242. The maximum absolute atomic E-state index is 6.04. The van der Waals surface area contributed by atoms with Crippen molar-refractivity contribution in [3.05, 3.63) is 43.0 Å². The molecule has 5 nitrogen and oxygen atoms in total. The number of hydrogen-bond donors (Lipinski definition) is 2. The number of benzene rings is 1. The Morgan fingerprint density at radius 3 is 2.59 bits per heavy atom. The highest BCUT2D eigenvalue weighted by Crippen LogP contribution is 2.13. The molecule has 1 aliphatic rings. The van der Waals surface area contributed by atoms with E-state index in [2.05, 4.69) is 36.0 Å². The summed E-state index contributed by atoms with van der Waals surface area (Å²) in [6.07, 6.45) is 5.27. The van der Waals surface area contributed by atoms with E-state index >= 15 is 0 Å². The number of hydrogen-bond acceptors (Lipinski definition) is 3. The Morgan fingerprint density at radius 1 is 1.30 bits per heavy atom. The summed E-state index contributed by atoms with van der Waals surface area (Å²) in [5, 5.41) is 6.96. The molecular formula is C21H35IN4O. The number of aliphatic imine (C=N–C) groups is 1. The van der Waals surface area contributed by atoms with E-state index in [1.807, 2.05) is 36.4 Å². The Kier molecular flexibility index (Phi) is 12.2. The third-order valence-electron chi connectivity index (χ3n) is 4.61. The molecule has 1 aromatic rings. The second-order valence-electron chi connectivity index (χ2n) is 6.69. The monoisotopic (exact) mass is 486 g/mol. The van der Waals surface area contributed by atoms with Crippen LogP contribution in [0.4, 0.5) is 0 Å². The van der Waals surface area contributed by atoms with E-state index in [1.54, 1.807) is 0 Å². The molecule has 1 unspecified atom stereocenters. The van der Waals surface area contributed by atoms with E-state index in [0.717, 1.165) is 57.2 Å². The van der Waals surface area contributed by atoms with Crippen LogP contribution in [0.2, 0.25) is 0 Å². The summed E-state index contributed by atoms with van der Waals surface area (Å²) in [6.45, 7) is 12.8. The first kappa shape index (κ1) is 23.8. The van der Waals surface area contributed by atoms with Crippen molar-refractivity contribution >= 4 is 29.9 Å². The maximum Gasteiger partial charge on any atom is 0.191 e. The van der Waals surface area contributed by atoms with Gasteiger partial charge in [0.25, 0.3) is 0 Å². The lowest BCUT2D eigenvalue weighted by Crippen LogP contribution is -2.49. The lowest BCUT2D eigenvalue weighted by atomic mass is 10.1. The number of halogens is 1. The number of nitrogens with one attached hydrogen (secondary N) is 2. The fourth-order valence-corrected chi connectivity index (χ4v) is 3.09. The van der Waals surface area contributed by atoms with Crippen molar-refractivity contribution in [1.29, 1.82) is 0 Å². The summed E-state index contributed by atoms with van der Waals surface area (Å²) in [5.41, 5.74) is 0. The lowest BCUT2D eigenvalue weighted by Gasteiger charge is -2.32. The molecule has 0 aliphatic carbocycles. The normalized spacial score (nSPS) is 16.9. The Balaban J connectivity index is 0.00000364. The largest absolute Gasteiger partial charge is 0.489 e. The van der Waals surface area contributed by atoms with Crippen LogP contribution in [-0.2, 0) is 0 Å². The number of guanidine groups is 1. The van der Waals surface area contributed by atoms with Crippen LogP contribution in [0, 0.1) is 0 Å². The van der Waals surface area contributed by atoms with Gasteiger partial charge in [-0.1, -0.05) is 31.2 Å². The minimum Gasteiger partial charge on any atom is -0.489 e. The van der Waals surface area contributed by atoms with Gasteiger partial charge in [-0.2, -0.15) is 0 Å². The number of nitrogens with zero attached hydrogens (tertiary/aromatic N) is 2. The predicted molar refractivity (Wildman–Crippen MR) is 125 cm³/mol. The fraction of sp³-hybridized carbons (Fsp3) is 0.571. The first-order valence-electron chi connectivity index (χ1n) is 9.84. The lowest BCUT2D eigenvalue weighted by molar-refractivity contribution is 0.205. The van der Waals surface area contributed by atoms with E-state index in [0.29, 0.717) is 12.6 Å². The molecule has 0 spiro atoms. The Morgan fingerprint density at radius 2 is 2.00 bits per heavy atom. The molecule has 2 N–H and O–H groups in total. The molecule has 1 atom stereocenters. The van der Waals surface area contributed by atoms with Gasteiger partial charge in [0.2, 0.25) is 0 Å². The molecule has 6 heteroatoms. The summed E-state index contributed by atoms with van der Waals surface area (Å²) >= 11 is 0. The summed E-state index contributed by atoms with van der Waals surface area (Å²) in [7, 11) is 0. The van der Waals surface area contributed by atoms with E-state index < -0.39 is 0 Å². The number of piperidine rings is 1. The molecule has 1 saturated heterocycles. The topological polar surface area (TPSA) is 48.9 Å². The highest BCUT2D eigenvalue weighted by atomic mass is 127. The summed E-state index contributed by atoms with van der Waals surface area (Å²) in [6, 6.07) is 10.5. The number of para-hydroxylation sites is 1. The van der Waals surface area contributed by atoms with Gasteiger partial charge >= 0.3 is 0 Å². The van der Waals surface area contributed by atoms with Crippen LogP contribution in [0.3, 0.4) is 0 Å². The first-order chi connectivity index (χ1) is 12.7. The van der Waals surface area contributed by atoms with Crippen LogP contribution in [0.5, 0.6) is 5.75 Å². The molecule has 2 rings (SSSR count). The van der Waals surface area contributed by atoms with Crippen LogP contribution in [0.1, 0.15) is 33.1 Å². The zero-order valence-electron chi connectivity index (χ0n) is 16.7. The average molecular weight is 486 g/mol. The Labute approximate surface area is 181 Å². The first-order valence-corrected chi connectivity index (χ1v) is 9.84. The molecule has 27 heavy (non-hydrogen) atoms. The Hall–Kier alpha value is -1.28. The fourth-order valence-electron chi connectivity index (χ4n) is 3.09.